The Morgan fingerprint density at radius 1 is 1.26 bits per heavy atom. The molecule has 0 bridgehead atoms. The second-order valence-corrected chi connectivity index (χ2v) is 7.15. The number of methoxy groups -OCH3 is 1. The lowest BCUT2D eigenvalue weighted by molar-refractivity contribution is -0.139. The van der Waals surface area contributed by atoms with Crippen LogP contribution in [0.4, 0.5) is 5.69 Å². The van der Waals surface area contributed by atoms with E-state index in [9.17, 15) is 9.59 Å². The molecule has 0 N–H and O–H groups in total. The third-order valence-electron chi connectivity index (χ3n) is 4.29. The number of hydrogen-bond donors (Lipinski definition) is 0. The van der Waals surface area contributed by atoms with Crippen LogP contribution in [0.1, 0.15) is 18.2 Å². The first-order valence-electron chi connectivity index (χ1n) is 8.66. The number of nitrogens with zero attached hydrogens (tertiary/aromatic N) is 3. The summed E-state index contributed by atoms with van der Waals surface area (Å²) in [5.41, 5.74) is 1.80. The fraction of sp³-hybridized carbons (Fsp3) is 0.300. The molecular formula is C20H21N3O3S. The van der Waals surface area contributed by atoms with Gasteiger partial charge in [-0.15, -0.1) is 11.3 Å². The van der Waals surface area contributed by atoms with Crippen molar-refractivity contribution in [3.63, 3.8) is 0 Å². The zero-order chi connectivity index (χ0) is 19.2. The second kappa shape index (κ2) is 8.73. The van der Waals surface area contributed by atoms with Crippen LogP contribution in [0, 0.1) is 5.92 Å². The number of hydrazone groups is 1. The van der Waals surface area contributed by atoms with Gasteiger partial charge in [-0.2, -0.15) is 10.1 Å². The molecule has 0 aliphatic carbocycles. The number of ether oxygens (including phenoxy) is 1. The Bertz CT molecular complexity index is 860. The van der Waals surface area contributed by atoms with E-state index in [2.05, 4.69) is 16.2 Å². The van der Waals surface area contributed by atoms with E-state index >= 15 is 0 Å². The highest BCUT2D eigenvalue weighted by atomic mass is 32.1. The lowest BCUT2D eigenvalue weighted by atomic mass is 9.96. The molecule has 2 aromatic rings. The van der Waals surface area contributed by atoms with Gasteiger partial charge in [-0.1, -0.05) is 24.3 Å². The first kappa shape index (κ1) is 19.0. The van der Waals surface area contributed by atoms with Gasteiger partial charge in [-0.3, -0.25) is 14.6 Å². The number of anilines is 1. The predicted octanol–water partition coefficient (Wildman–Crippen LogP) is 3.33. The largest absolute Gasteiger partial charge is 0.469 e. The molecule has 0 spiro atoms. The Morgan fingerprint density at radius 2 is 2.04 bits per heavy atom. The second-order valence-electron chi connectivity index (χ2n) is 6.12. The Morgan fingerprint density at radius 3 is 2.70 bits per heavy atom. The van der Waals surface area contributed by atoms with Crippen molar-refractivity contribution < 1.29 is 14.3 Å². The first-order chi connectivity index (χ1) is 13.1. The topological polar surface area (TPSA) is 71.3 Å². The quantitative estimate of drug-likeness (QED) is 0.544. The van der Waals surface area contributed by atoms with Gasteiger partial charge in [0.25, 0.3) is 5.91 Å². The summed E-state index contributed by atoms with van der Waals surface area (Å²) in [6.07, 6.45) is 0.788. The van der Waals surface area contributed by atoms with Crippen molar-refractivity contribution in [3.05, 3.63) is 52.7 Å². The zero-order valence-electron chi connectivity index (χ0n) is 15.3. The van der Waals surface area contributed by atoms with Gasteiger partial charge in [-0.05, 0) is 30.5 Å². The van der Waals surface area contributed by atoms with Crippen LogP contribution in [-0.4, -0.2) is 37.0 Å². The summed E-state index contributed by atoms with van der Waals surface area (Å²) >= 11 is 1.69. The number of carbonyl (C=O) groups excluding carboxylic acids is 2. The Balaban J connectivity index is 1.81. The molecule has 27 heavy (non-hydrogen) atoms. The fourth-order valence-electron chi connectivity index (χ4n) is 2.92. The molecular weight excluding hydrogens is 362 g/mol. The van der Waals surface area contributed by atoms with Crippen LogP contribution in [0.2, 0.25) is 0 Å². The van der Waals surface area contributed by atoms with Crippen molar-refractivity contribution >= 4 is 40.3 Å². The van der Waals surface area contributed by atoms with Gasteiger partial charge in [-0.25, -0.2) is 0 Å². The minimum Gasteiger partial charge on any atom is -0.469 e. The van der Waals surface area contributed by atoms with Crippen LogP contribution in [0.15, 0.2) is 57.9 Å². The highest BCUT2D eigenvalue weighted by molar-refractivity contribution is 7.09. The zero-order valence-corrected chi connectivity index (χ0v) is 16.1. The molecule has 0 saturated carbocycles. The summed E-state index contributed by atoms with van der Waals surface area (Å²) in [6, 6.07) is 13.2. The van der Waals surface area contributed by atoms with E-state index in [-0.39, 0.29) is 12.3 Å². The molecule has 1 atom stereocenters. The average molecular weight is 383 g/mol. The number of carbonyl (C=O) groups is 2. The minimum atomic E-state index is -0.632. The predicted molar refractivity (Wildman–Crippen MR) is 107 cm³/mol. The lowest BCUT2D eigenvalue weighted by Gasteiger charge is -2.14. The number of esters is 1. The molecule has 1 aromatic carbocycles. The van der Waals surface area contributed by atoms with Crippen LogP contribution < -0.4 is 5.01 Å². The van der Waals surface area contributed by atoms with E-state index in [0.717, 1.165) is 6.42 Å². The molecule has 2 heterocycles. The number of rotatable bonds is 7. The van der Waals surface area contributed by atoms with Gasteiger partial charge in [0, 0.05) is 23.6 Å². The number of amides is 1. The van der Waals surface area contributed by atoms with Crippen molar-refractivity contribution in [2.45, 2.75) is 19.8 Å². The van der Waals surface area contributed by atoms with E-state index in [1.807, 2.05) is 48.7 Å². The molecule has 140 valence electrons. The molecule has 1 aliphatic heterocycles. The third kappa shape index (κ3) is 4.49. The summed E-state index contributed by atoms with van der Waals surface area (Å²) in [4.78, 5) is 30.6. The maximum absolute atomic E-state index is 13.0. The summed E-state index contributed by atoms with van der Waals surface area (Å²) in [6.45, 7) is 2.41. The fourth-order valence-corrected chi connectivity index (χ4v) is 3.62. The maximum atomic E-state index is 13.0. The van der Waals surface area contributed by atoms with Crippen LogP contribution in [0.3, 0.4) is 0 Å². The molecule has 1 aromatic heterocycles. The van der Waals surface area contributed by atoms with Crippen LogP contribution in [-0.2, 0) is 20.7 Å². The van der Waals surface area contributed by atoms with Crippen molar-refractivity contribution in [1.82, 2.24) is 0 Å². The maximum Gasteiger partial charge on any atom is 0.311 e. The van der Waals surface area contributed by atoms with Gasteiger partial charge in [0.05, 0.1) is 24.9 Å². The third-order valence-corrected chi connectivity index (χ3v) is 5.22. The van der Waals surface area contributed by atoms with E-state index in [4.69, 9.17) is 4.74 Å². The minimum absolute atomic E-state index is 0.0337. The SMILES string of the molecule is COC(=O)CC1=NN(c2ccccc2)C(=O)C1C(C)=NCCc1cccs1. The Labute approximate surface area is 162 Å². The van der Waals surface area contributed by atoms with E-state index in [1.165, 1.54) is 17.0 Å². The smallest absolute Gasteiger partial charge is 0.311 e. The molecule has 1 unspecified atom stereocenters. The monoisotopic (exact) mass is 383 g/mol. The first-order valence-corrected chi connectivity index (χ1v) is 9.54. The number of thiophene rings is 1. The van der Waals surface area contributed by atoms with Gasteiger partial charge in [0.1, 0.15) is 5.92 Å². The highest BCUT2D eigenvalue weighted by Gasteiger charge is 2.39. The summed E-state index contributed by atoms with van der Waals surface area (Å²) in [5.74, 6) is -1.25. The molecule has 0 fully saturated rings. The number of para-hydroxylation sites is 1. The highest BCUT2D eigenvalue weighted by Crippen LogP contribution is 2.26. The molecule has 1 amide bonds. The van der Waals surface area contributed by atoms with E-state index < -0.39 is 11.9 Å². The van der Waals surface area contributed by atoms with Crippen molar-refractivity contribution in [2.75, 3.05) is 18.7 Å². The van der Waals surface area contributed by atoms with Gasteiger partial charge < -0.3 is 4.74 Å². The van der Waals surface area contributed by atoms with Crippen LogP contribution in [0.25, 0.3) is 0 Å². The van der Waals surface area contributed by atoms with E-state index in [1.54, 1.807) is 11.3 Å². The van der Waals surface area contributed by atoms with Crippen LogP contribution >= 0.6 is 11.3 Å². The van der Waals surface area contributed by atoms with Crippen LogP contribution in [0.5, 0.6) is 0 Å². The standard InChI is InChI=1S/C20H21N3O3S/c1-14(21-11-10-16-9-6-12-27-16)19-17(13-18(24)26-2)22-23(20(19)25)15-7-4-3-5-8-15/h3-9,12,19H,10-11,13H2,1-2H3. The van der Waals surface area contributed by atoms with E-state index in [0.29, 0.717) is 23.7 Å². The number of benzene rings is 1. The molecule has 6 nitrogen and oxygen atoms in total. The molecule has 1 aliphatic rings. The Kier molecular flexibility index (Phi) is 6.13. The molecule has 0 saturated heterocycles. The summed E-state index contributed by atoms with van der Waals surface area (Å²) in [7, 11) is 1.33. The summed E-state index contributed by atoms with van der Waals surface area (Å²) < 4.78 is 4.76. The molecule has 0 radical (unpaired) electrons. The molecule has 7 heteroatoms. The normalized spacial score (nSPS) is 17.2. The Hall–Kier alpha value is -2.80. The van der Waals surface area contributed by atoms with Crippen molar-refractivity contribution in [1.29, 1.82) is 0 Å². The molecule has 3 rings (SSSR count). The number of aliphatic imine (C=N–C) groups is 1. The van der Waals surface area contributed by atoms with Gasteiger partial charge >= 0.3 is 5.97 Å². The van der Waals surface area contributed by atoms with Gasteiger partial charge in [0.2, 0.25) is 0 Å². The number of hydrogen-bond acceptors (Lipinski definition) is 6. The lowest BCUT2D eigenvalue weighted by Crippen LogP contribution is -2.33. The average Bonchev–Trinajstić information content (AvgIpc) is 3.30. The van der Waals surface area contributed by atoms with Crippen molar-refractivity contribution in [3.8, 4) is 0 Å². The van der Waals surface area contributed by atoms with Gasteiger partial charge in [0.15, 0.2) is 0 Å². The summed E-state index contributed by atoms with van der Waals surface area (Å²) in [5, 5.41) is 7.79. The van der Waals surface area contributed by atoms with Crippen molar-refractivity contribution in [2.24, 2.45) is 16.0 Å².